The van der Waals surface area contributed by atoms with Crippen LogP contribution in [0.15, 0.2) is 64.2 Å². The molecule has 2 aromatic carbocycles. The number of likely N-dealkylation sites (tertiary alicyclic amines) is 2. The molecule has 5 amide bonds. The number of alkyl halides is 1. The molecule has 1 aliphatic carbocycles. The molecule has 6 N–H and O–H groups in total. The van der Waals surface area contributed by atoms with Crippen LogP contribution in [0.2, 0.25) is 5.02 Å². The summed E-state index contributed by atoms with van der Waals surface area (Å²) in [5.41, 5.74) is 8.13. The summed E-state index contributed by atoms with van der Waals surface area (Å²) in [7, 11) is 0. The van der Waals surface area contributed by atoms with Gasteiger partial charge in [0.05, 0.1) is 51.9 Å². The zero-order chi connectivity index (χ0) is 55.1. The fourth-order valence-electron chi connectivity index (χ4n) is 10.2. The summed E-state index contributed by atoms with van der Waals surface area (Å²) in [6.45, 7) is 13.4. The number of aliphatic hydroxyl groups is 1. The van der Waals surface area contributed by atoms with E-state index in [0.29, 0.717) is 71.9 Å². The molecule has 0 spiro atoms. The number of nitrogens with two attached hydrogens (primary N) is 1. The standard InChI is InChI=1S/C56H74ClFN10O7S2/c1-35-49(76-34-63-35)37-14-15-38(29-62-51(72)41-28-39(69)32-68(41)52(73)50(54(2,3)4)65-53(74)56(58)18-19-56)42(27-37)75-26-8-13-47(71)67-22-16-36(17-23-67)9-6-12-45(70)64-40-10-7-11-43(48(40)57)77-46-31-60-44(30-61-46)66-24-20-55(5,33-59)21-25-66/h7,10-11,14-15,27,30-31,34,36,39,41,50,69H,6,8-9,12-13,16-26,28-29,32-33,59H2,1-5H3,(H,62,72)(H,64,70)(H,65,74)/t39-,41+,50-/m1/s1. The monoisotopic (exact) mass is 1120 g/mol. The molecular weight excluding hydrogens is 1040 g/mol. The number of aromatic nitrogens is 3. The Bertz CT molecular complexity index is 2740. The molecule has 3 atom stereocenters. The molecule has 3 saturated heterocycles. The first-order valence-electron chi connectivity index (χ1n) is 27.0. The number of aliphatic hydroxyl groups excluding tert-OH is 1. The van der Waals surface area contributed by atoms with Gasteiger partial charge in [-0.05, 0) is 112 Å². The third-order valence-electron chi connectivity index (χ3n) is 15.5. The second-order valence-electron chi connectivity index (χ2n) is 22.6. The molecule has 0 unspecified atom stereocenters. The Labute approximate surface area is 464 Å². The minimum absolute atomic E-state index is 0.00347. The van der Waals surface area contributed by atoms with E-state index in [9.17, 15) is 33.5 Å². The number of ether oxygens (including phenoxy) is 1. The van der Waals surface area contributed by atoms with Crippen molar-refractivity contribution in [2.24, 2.45) is 22.5 Å². The van der Waals surface area contributed by atoms with E-state index in [2.05, 4.69) is 42.7 Å². The van der Waals surface area contributed by atoms with Gasteiger partial charge in [0, 0.05) is 69.0 Å². The lowest BCUT2D eigenvalue weighted by Gasteiger charge is -2.39. The number of benzene rings is 2. The average Bonchev–Trinajstić information content (AvgIpc) is 3.83. The molecule has 8 rings (SSSR count). The highest BCUT2D eigenvalue weighted by molar-refractivity contribution is 7.99. The maximum atomic E-state index is 14.7. The van der Waals surface area contributed by atoms with Crippen LogP contribution < -0.4 is 31.3 Å². The molecule has 1 saturated carbocycles. The maximum Gasteiger partial charge on any atom is 0.258 e. The summed E-state index contributed by atoms with van der Waals surface area (Å²) in [6.07, 6.45) is 9.28. The predicted octanol–water partition coefficient (Wildman–Crippen LogP) is 8.10. The number of nitrogens with zero attached hydrogens (tertiary/aromatic N) is 6. The van der Waals surface area contributed by atoms with Crippen LogP contribution >= 0.6 is 34.7 Å². The van der Waals surface area contributed by atoms with Crippen LogP contribution in [0.3, 0.4) is 0 Å². The van der Waals surface area contributed by atoms with Crippen LogP contribution in [0, 0.1) is 23.7 Å². The van der Waals surface area contributed by atoms with Crippen molar-refractivity contribution in [2.75, 3.05) is 56.1 Å². The molecule has 0 bridgehead atoms. The summed E-state index contributed by atoms with van der Waals surface area (Å²) in [4.78, 5) is 88.0. The van der Waals surface area contributed by atoms with Crippen molar-refractivity contribution in [3.63, 3.8) is 0 Å². The van der Waals surface area contributed by atoms with Gasteiger partial charge in [0.2, 0.25) is 23.6 Å². The Kier molecular flexibility index (Phi) is 18.9. The predicted molar refractivity (Wildman–Crippen MR) is 297 cm³/mol. The van der Waals surface area contributed by atoms with Crippen LogP contribution in [0.4, 0.5) is 15.9 Å². The molecule has 4 aromatic rings. The largest absolute Gasteiger partial charge is 0.493 e. The lowest BCUT2D eigenvalue weighted by atomic mass is 9.80. The van der Waals surface area contributed by atoms with Crippen molar-refractivity contribution >= 4 is 75.7 Å². The number of hydrogen-bond donors (Lipinski definition) is 5. The van der Waals surface area contributed by atoms with E-state index in [-0.39, 0.29) is 56.2 Å². The van der Waals surface area contributed by atoms with E-state index >= 15 is 0 Å². The summed E-state index contributed by atoms with van der Waals surface area (Å²) < 4.78 is 21.0. The smallest absolute Gasteiger partial charge is 0.258 e. The molecule has 0 radical (unpaired) electrons. The van der Waals surface area contributed by atoms with Crippen LogP contribution in [0.5, 0.6) is 5.75 Å². The van der Waals surface area contributed by atoms with Gasteiger partial charge in [-0.1, -0.05) is 69.3 Å². The number of β-amino-alcohol motifs (C(OH)–C–C–N with tert-alkyl or cyclic N) is 1. The van der Waals surface area contributed by atoms with E-state index in [1.165, 1.54) is 28.0 Å². The Morgan fingerprint density at radius 3 is 2.42 bits per heavy atom. The van der Waals surface area contributed by atoms with Crippen molar-refractivity contribution in [3.8, 4) is 16.2 Å². The van der Waals surface area contributed by atoms with Crippen molar-refractivity contribution in [2.45, 2.75) is 152 Å². The van der Waals surface area contributed by atoms with E-state index in [1.807, 2.05) is 42.2 Å². The molecule has 2 aromatic heterocycles. The lowest BCUT2D eigenvalue weighted by Crippen LogP contribution is -2.59. The number of hydrogen-bond acceptors (Lipinski definition) is 14. The first-order valence-corrected chi connectivity index (χ1v) is 29.0. The Morgan fingerprint density at radius 1 is 1.00 bits per heavy atom. The van der Waals surface area contributed by atoms with E-state index in [4.69, 9.17) is 22.1 Å². The molecule has 4 fully saturated rings. The zero-order valence-electron chi connectivity index (χ0n) is 44.9. The lowest BCUT2D eigenvalue weighted by molar-refractivity contribution is -0.145. The molecule has 4 aliphatic rings. The van der Waals surface area contributed by atoms with Crippen molar-refractivity contribution in [1.29, 1.82) is 0 Å². The third kappa shape index (κ3) is 14.8. The first-order chi connectivity index (χ1) is 36.7. The van der Waals surface area contributed by atoms with Gasteiger partial charge < -0.3 is 46.2 Å². The van der Waals surface area contributed by atoms with Crippen LogP contribution in [0.25, 0.3) is 10.4 Å². The van der Waals surface area contributed by atoms with E-state index in [0.717, 1.165) is 78.5 Å². The Hall–Kier alpha value is -5.41. The highest BCUT2D eigenvalue weighted by Crippen LogP contribution is 2.41. The molecule has 5 heterocycles. The Balaban J connectivity index is 0.766. The maximum absolute atomic E-state index is 14.7. The van der Waals surface area contributed by atoms with Crippen LogP contribution in [-0.4, -0.2) is 129 Å². The minimum atomic E-state index is -1.99. The van der Waals surface area contributed by atoms with Crippen LogP contribution in [-0.2, 0) is 30.5 Å². The van der Waals surface area contributed by atoms with E-state index < -0.39 is 47.0 Å². The molecule has 21 heteroatoms. The summed E-state index contributed by atoms with van der Waals surface area (Å²) in [5, 5.41) is 20.4. The molecule has 77 heavy (non-hydrogen) atoms. The summed E-state index contributed by atoms with van der Waals surface area (Å²) in [6, 6.07) is 9.13. The quantitative estimate of drug-likeness (QED) is 0.0498. The average molecular weight is 1120 g/mol. The highest BCUT2D eigenvalue weighted by Gasteiger charge is 2.53. The van der Waals surface area contributed by atoms with E-state index in [1.54, 1.807) is 44.7 Å². The fraction of sp³-hybridized carbons (Fsp3) is 0.571. The second-order valence-corrected chi connectivity index (χ2v) is 24.9. The third-order valence-corrected chi connectivity index (χ3v) is 18.0. The van der Waals surface area contributed by atoms with Gasteiger partial charge in [-0.2, -0.15) is 0 Å². The minimum Gasteiger partial charge on any atom is -0.493 e. The SMILES string of the molecule is Cc1ncsc1-c1ccc(CNC(=O)[C@@H]2C[C@@H](O)CN2C(=O)[C@@H](NC(=O)C2(F)CC2)C(C)(C)C)c(OCCCC(=O)N2CCC(CCCC(=O)Nc3cccc(Sc4cnc(N5CCC(C)(CN)CC5)cn4)c3Cl)CC2)c1. The number of aryl methyl sites for hydroxylation is 1. The summed E-state index contributed by atoms with van der Waals surface area (Å²) >= 11 is 9.70. The van der Waals surface area contributed by atoms with Crippen molar-refractivity contribution in [3.05, 3.63) is 70.6 Å². The highest BCUT2D eigenvalue weighted by atomic mass is 35.5. The number of carbonyl (C=O) groups is 5. The zero-order valence-corrected chi connectivity index (χ0v) is 47.3. The molecule has 3 aliphatic heterocycles. The van der Waals surface area contributed by atoms with Gasteiger partial charge in [0.1, 0.15) is 28.7 Å². The van der Waals surface area contributed by atoms with Gasteiger partial charge in [-0.3, -0.25) is 24.0 Å². The van der Waals surface area contributed by atoms with Gasteiger partial charge in [0.15, 0.2) is 5.67 Å². The van der Waals surface area contributed by atoms with Crippen molar-refractivity contribution in [1.82, 2.24) is 35.4 Å². The molecular formula is C56H74ClFN10O7S2. The van der Waals surface area contributed by atoms with Gasteiger partial charge >= 0.3 is 0 Å². The number of piperidine rings is 2. The number of anilines is 2. The number of carbonyl (C=O) groups excluding carboxylic acids is 5. The summed E-state index contributed by atoms with van der Waals surface area (Å²) in [5.74, 6) is -0.140. The molecule has 17 nitrogen and oxygen atoms in total. The van der Waals surface area contributed by atoms with Crippen molar-refractivity contribution < 1.29 is 38.2 Å². The number of rotatable bonds is 21. The number of halogens is 2. The van der Waals surface area contributed by atoms with Gasteiger partial charge in [-0.25, -0.2) is 19.3 Å². The van der Waals surface area contributed by atoms with Gasteiger partial charge in [0.25, 0.3) is 5.91 Å². The second kappa shape index (κ2) is 25.1. The Morgan fingerprint density at radius 2 is 1.75 bits per heavy atom. The number of thiazole rings is 1. The first kappa shape index (κ1) is 57.8. The number of nitrogens with one attached hydrogen (secondary N) is 3. The molecule has 416 valence electrons. The topological polar surface area (TPSA) is 225 Å². The normalized spacial score (nSPS) is 19.6. The van der Waals surface area contributed by atoms with Crippen LogP contribution in [0.1, 0.15) is 116 Å². The van der Waals surface area contributed by atoms with Gasteiger partial charge in [-0.15, -0.1) is 11.3 Å². The number of amides is 5. The fourth-order valence-corrected chi connectivity index (χ4v) is 12.0.